The Hall–Kier alpha value is -2.60. The van der Waals surface area contributed by atoms with Crippen molar-refractivity contribution in [2.45, 2.75) is 71.1 Å². The standard InChI is InChI=1S/C22H38N6O5S/c1-6-13(4)18(21(31)26-16(22(32)33)7-8-34-5)28-20(30)17(12(2)3)27-19(29)15(23)9-14-10-24-11-25-14/h10-13,15-18H,6-9,23H2,1-5H3,(H,24,25)(H,26,31)(H,27,29)(H,28,30)(H,32,33). The van der Waals surface area contributed by atoms with E-state index in [9.17, 15) is 24.3 Å². The fraction of sp³-hybridized carbons (Fsp3) is 0.682. The van der Waals surface area contributed by atoms with Crippen LogP contribution in [0.1, 0.15) is 46.2 Å². The van der Waals surface area contributed by atoms with E-state index < -0.39 is 47.9 Å². The number of amides is 3. The summed E-state index contributed by atoms with van der Waals surface area (Å²) in [5.41, 5.74) is 6.68. The lowest BCUT2D eigenvalue weighted by molar-refractivity contribution is -0.142. The number of imidazole rings is 1. The molecule has 0 spiro atoms. The van der Waals surface area contributed by atoms with Crippen LogP contribution in [0, 0.1) is 11.8 Å². The zero-order chi connectivity index (χ0) is 25.8. The molecule has 11 nitrogen and oxygen atoms in total. The van der Waals surface area contributed by atoms with Crippen molar-refractivity contribution in [3.63, 3.8) is 0 Å². The highest BCUT2D eigenvalue weighted by atomic mass is 32.2. The molecule has 1 rings (SSSR count). The van der Waals surface area contributed by atoms with Crippen molar-refractivity contribution in [3.05, 3.63) is 18.2 Å². The van der Waals surface area contributed by atoms with E-state index in [1.165, 1.54) is 18.1 Å². The minimum Gasteiger partial charge on any atom is -0.480 e. The molecule has 0 saturated carbocycles. The second-order valence-electron chi connectivity index (χ2n) is 8.67. The van der Waals surface area contributed by atoms with E-state index in [2.05, 4.69) is 25.9 Å². The molecule has 0 aliphatic rings. The molecule has 0 saturated heterocycles. The molecule has 3 amide bonds. The van der Waals surface area contributed by atoms with Crippen LogP contribution >= 0.6 is 11.8 Å². The number of hydrogen-bond donors (Lipinski definition) is 6. The number of carbonyl (C=O) groups excluding carboxylic acids is 3. The van der Waals surface area contributed by atoms with Crippen LogP contribution < -0.4 is 21.7 Å². The number of carboxylic acid groups (broad SMARTS) is 1. The first-order valence-corrected chi connectivity index (χ1v) is 12.8. The molecule has 1 aromatic heterocycles. The zero-order valence-electron chi connectivity index (χ0n) is 20.5. The lowest BCUT2D eigenvalue weighted by atomic mass is 9.96. The van der Waals surface area contributed by atoms with Gasteiger partial charge in [0.05, 0.1) is 12.4 Å². The fourth-order valence-electron chi connectivity index (χ4n) is 3.22. The van der Waals surface area contributed by atoms with Crippen molar-refractivity contribution in [3.8, 4) is 0 Å². The van der Waals surface area contributed by atoms with Gasteiger partial charge in [0, 0.05) is 18.3 Å². The molecule has 1 aromatic rings. The topological polar surface area (TPSA) is 179 Å². The van der Waals surface area contributed by atoms with Crippen LogP contribution in [0.2, 0.25) is 0 Å². The third-order valence-corrected chi connectivity index (χ3v) is 6.24. The molecule has 0 radical (unpaired) electrons. The average molecular weight is 499 g/mol. The summed E-state index contributed by atoms with van der Waals surface area (Å²) < 4.78 is 0. The number of carbonyl (C=O) groups is 4. The lowest BCUT2D eigenvalue weighted by Crippen LogP contribution is -2.60. The van der Waals surface area contributed by atoms with E-state index in [1.54, 1.807) is 27.0 Å². The summed E-state index contributed by atoms with van der Waals surface area (Å²) >= 11 is 1.48. The van der Waals surface area contributed by atoms with Gasteiger partial charge in [0.2, 0.25) is 17.7 Å². The Morgan fingerprint density at radius 2 is 1.71 bits per heavy atom. The average Bonchev–Trinajstić information content (AvgIpc) is 3.29. The van der Waals surface area contributed by atoms with E-state index in [-0.39, 0.29) is 24.7 Å². The van der Waals surface area contributed by atoms with Gasteiger partial charge >= 0.3 is 5.97 Å². The van der Waals surface area contributed by atoms with Gasteiger partial charge in [-0.2, -0.15) is 11.8 Å². The molecule has 0 aliphatic heterocycles. The second-order valence-corrected chi connectivity index (χ2v) is 9.66. The van der Waals surface area contributed by atoms with E-state index in [0.717, 1.165) is 0 Å². The Bertz CT molecular complexity index is 804. The second kappa shape index (κ2) is 14.6. The monoisotopic (exact) mass is 498 g/mol. The summed E-state index contributed by atoms with van der Waals surface area (Å²) in [6, 6.07) is -3.82. The maximum atomic E-state index is 13.1. The number of H-pyrrole nitrogens is 1. The highest BCUT2D eigenvalue weighted by molar-refractivity contribution is 7.98. The van der Waals surface area contributed by atoms with Crippen LogP contribution in [-0.4, -0.2) is 74.9 Å². The fourth-order valence-corrected chi connectivity index (χ4v) is 3.69. The summed E-state index contributed by atoms with van der Waals surface area (Å²) in [6.07, 6.45) is 5.98. The van der Waals surface area contributed by atoms with Crippen LogP contribution in [0.5, 0.6) is 0 Å². The summed E-state index contributed by atoms with van der Waals surface area (Å²) in [6.45, 7) is 7.21. The highest BCUT2D eigenvalue weighted by Gasteiger charge is 2.33. The Morgan fingerprint density at radius 1 is 1.09 bits per heavy atom. The molecule has 0 fully saturated rings. The van der Waals surface area contributed by atoms with Gasteiger partial charge in [0.15, 0.2) is 0 Å². The first-order chi connectivity index (χ1) is 16.0. The van der Waals surface area contributed by atoms with Crippen LogP contribution in [-0.2, 0) is 25.6 Å². The molecule has 5 atom stereocenters. The minimum absolute atomic E-state index is 0.225. The van der Waals surface area contributed by atoms with Crippen molar-refractivity contribution < 1.29 is 24.3 Å². The van der Waals surface area contributed by atoms with Gasteiger partial charge in [0.25, 0.3) is 0 Å². The Kier molecular flexibility index (Phi) is 12.7. The molecule has 0 bridgehead atoms. The smallest absolute Gasteiger partial charge is 0.326 e. The number of nitrogens with two attached hydrogens (primary N) is 1. The molecule has 34 heavy (non-hydrogen) atoms. The van der Waals surface area contributed by atoms with Crippen LogP contribution in [0.25, 0.3) is 0 Å². The van der Waals surface area contributed by atoms with Crippen molar-refractivity contribution >= 4 is 35.5 Å². The minimum atomic E-state index is -1.13. The molecule has 12 heteroatoms. The van der Waals surface area contributed by atoms with Gasteiger partial charge in [-0.05, 0) is 30.3 Å². The number of aromatic nitrogens is 2. The first-order valence-electron chi connectivity index (χ1n) is 11.4. The number of nitrogens with zero attached hydrogens (tertiary/aromatic N) is 1. The maximum Gasteiger partial charge on any atom is 0.326 e. The van der Waals surface area contributed by atoms with Crippen molar-refractivity contribution in [2.24, 2.45) is 17.6 Å². The van der Waals surface area contributed by atoms with Crippen LogP contribution in [0.3, 0.4) is 0 Å². The third kappa shape index (κ3) is 9.34. The van der Waals surface area contributed by atoms with Crippen LogP contribution in [0.15, 0.2) is 12.5 Å². The largest absolute Gasteiger partial charge is 0.480 e. The number of aromatic amines is 1. The Labute approximate surface area is 204 Å². The summed E-state index contributed by atoms with van der Waals surface area (Å²) in [5, 5.41) is 17.4. The van der Waals surface area contributed by atoms with Crippen molar-refractivity contribution in [2.75, 3.05) is 12.0 Å². The predicted octanol–water partition coefficient (Wildman–Crippen LogP) is 0.274. The van der Waals surface area contributed by atoms with Gasteiger partial charge in [0.1, 0.15) is 18.1 Å². The third-order valence-electron chi connectivity index (χ3n) is 5.60. The maximum absolute atomic E-state index is 13.1. The molecule has 192 valence electrons. The van der Waals surface area contributed by atoms with Gasteiger partial charge in [-0.15, -0.1) is 0 Å². The number of carboxylic acids is 1. The Balaban J connectivity index is 2.91. The van der Waals surface area contributed by atoms with E-state index >= 15 is 0 Å². The molecule has 0 aromatic carbocycles. The number of thioether (sulfide) groups is 1. The number of rotatable bonds is 15. The molecule has 0 aliphatic carbocycles. The predicted molar refractivity (Wildman–Crippen MR) is 131 cm³/mol. The number of nitrogens with one attached hydrogen (secondary N) is 4. The quantitative estimate of drug-likeness (QED) is 0.199. The van der Waals surface area contributed by atoms with Crippen molar-refractivity contribution in [1.82, 2.24) is 25.9 Å². The van der Waals surface area contributed by atoms with Gasteiger partial charge in [-0.25, -0.2) is 9.78 Å². The van der Waals surface area contributed by atoms with Gasteiger partial charge < -0.3 is 31.8 Å². The number of aliphatic carboxylic acids is 1. The first kappa shape index (κ1) is 29.4. The van der Waals surface area contributed by atoms with Gasteiger partial charge in [-0.1, -0.05) is 34.1 Å². The summed E-state index contributed by atoms with van der Waals surface area (Å²) in [7, 11) is 0. The van der Waals surface area contributed by atoms with Gasteiger partial charge in [-0.3, -0.25) is 14.4 Å². The SMILES string of the molecule is CCC(C)C(NC(=O)C(NC(=O)C(N)Cc1cnc[nH]1)C(C)C)C(=O)NC(CCSC)C(=O)O. The summed E-state index contributed by atoms with van der Waals surface area (Å²) in [4.78, 5) is 57.0. The van der Waals surface area contributed by atoms with Crippen LogP contribution in [0.4, 0.5) is 0 Å². The molecule has 5 unspecified atom stereocenters. The van der Waals surface area contributed by atoms with Crippen molar-refractivity contribution in [1.29, 1.82) is 0 Å². The zero-order valence-corrected chi connectivity index (χ0v) is 21.3. The molecule has 1 heterocycles. The molecular weight excluding hydrogens is 460 g/mol. The number of hydrogen-bond acceptors (Lipinski definition) is 7. The highest BCUT2D eigenvalue weighted by Crippen LogP contribution is 2.12. The van der Waals surface area contributed by atoms with E-state index in [4.69, 9.17) is 5.73 Å². The van der Waals surface area contributed by atoms with E-state index in [0.29, 0.717) is 17.9 Å². The summed E-state index contributed by atoms with van der Waals surface area (Å²) in [5.74, 6) is -2.71. The lowest BCUT2D eigenvalue weighted by Gasteiger charge is -2.29. The molecular formula is C22H38N6O5S. The van der Waals surface area contributed by atoms with E-state index in [1.807, 2.05) is 13.2 Å². The molecule has 7 N–H and O–H groups in total. The normalized spacial score (nSPS) is 15.6. The Morgan fingerprint density at radius 3 is 2.21 bits per heavy atom.